The number of carbonyl (C=O) groups excluding carboxylic acids is 1. The van der Waals surface area contributed by atoms with Gasteiger partial charge in [-0.05, 0) is 26.0 Å². The van der Waals surface area contributed by atoms with Crippen LogP contribution in [0.25, 0.3) is 0 Å². The monoisotopic (exact) mass is 330 g/mol. The van der Waals surface area contributed by atoms with Gasteiger partial charge >= 0.3 is 0 Å². The van der Waals surface area contributed by atoms with E-state index in [-0.39, 0.29) is 5.91 Å². The molecule has 0 spiro atoms. The van der Waals surface area contributed by atoms with E-state index in [1.165, 1.54) is 6.26 Å². The molecule has 8 heteroatoms. The summed E-state index contributed by atoms with van der Waals surface area (Å²) >= 11 is 0. The maximum atomic E-state index is 12.3. The largest absolute Gasteiger partial charge is 0.459 e. The second-order valence-corrected chi connectivity index (χ2v) is 5.54. The quantitative estimate of drug-likeness (QED) is 0.817. The zero-order chi connectivity index (χ0) is 16.9. The van der Waals surface area contributed by atoms with E-state index in [9.17, 15) is 4.79 Å². The van der Waals surface area contributed by atoms with Crippen molar-refractivity contribution in [2.45, 2.75) is 13.8 Å². The molecule has 1 aliphatic heterocycles. The molecule has 0 aliphatic carbocycles. The van der Waals surface area contributed by atoms with E-state index in [1.807, 2.05) is 0 Å². The Hall–Kier alpha value is -2.64. The molecule has 0 unspecified atom stereocenters. The molecule has 0 aromatic carbocycles. The van der Waals surface area contributed by atoms with Crippen LogP contribution in [0.5, 0.6) is 0 Å². The molecule has 0 N–H and O–H groups in total. The van der Waals surface area contributed by atoms with Crippen LogP contribution in [-0.2, 0) is 0 Å². The lowest BCUT2D eigenvalue weighted by atomic mass is 10.3. The number of amides is 1. The molecular formula is C16H22N6O2. The van der Waals surface area contributed by atoms with Crippen LogP contribution >= 0.6 is 0 Å². The number of nitrogens with zero attached hydrogens (tertiary/aromatic N) is 6. The van der Waals surface area contributed by atoms with Gasteiger partial charge in [-0.1, -0.05) is 0 Å². The molecule has 1 amide bonds. The van der Waals surface area contributed by atoms with Crippen molar-refractivity contribution in [1.82, 2.24) is 20.1 Å². The molecule has 1 aliphatic rings. The van der Waals surface area contributed by atoms with E-state index in [1.54, 1.807) is 23.2 Å². The predicted molar refractivity (Wildman–Crippen MR) is 90.2 cm³/mol. The van der Waals surface area contributed by atoms with Gasteiger partial charge in [0.25, 0.3) is 5.91 Å². The molecule has 8 nitrogen and oxygen atoms in total. The highest BCUT2D eigenvalue weighted by Gasteiger charge is 2.24. The molecular weight excluding hydrogens is 308 g/mol. The Labute approximate surface area is 141 Å². The lowest BCUT2D eigenvalue weighted by Crippen LogP contribution is -2.49. The number of hydrogen-bond donors (Lipinski definition) is 0. The Kier molecular flexibility index (Phi) is 4.93. The lowest BCUT2D eigenvalue weighted by molar-refractivity contribution is 0.0714. The highest BCUT2D eigenvalue weighted by atomic mass is 16.3. The summed E-state index contributed by atoms with van der Waals surface area (Å²) in [5.41, 5.74) is 0. The molecule has 1 saturated heterocycles. The molecule has 3 heterocycles. The summed E-state index contributed by atoms with van der Waals surface area (Å²) < 4.78 is 5.19. The van der Waals surface area contributed by atoms with Gasteiger partial charge in [-0.15, -0.1) is 5.10 Å². The van der Waals surface area contributed by atoms with Crippen LogP contribution in [0.2, 0.25) is 0 Å². The van der Waals surface area contributed by atoms with Crippen molar-refractivity contribution in [2.75, 3.05) is 49.1 Å². The van der Waals surface area contributed by atoms with E-state index in [0.717, 1.165) is 18.9 Å². The predicted octanol–water partition coefficient (Wildman–Crippen LogP) is 1.27. The van der Waals surface area contributed by atoms with Gasteiger partial charge in [-0.25, -0.2) is 0 Å². The average Bonchev–Trinajstić information content (AvgIpc) is 3.17. The Morgan fingerprint density at radius 2 is 2.00 bits per heavy atom. The zero-order valence-electron chi connectivity index (χ0n) is 14.1. The number of carbonyl (C=O) groups is 1. The second kappa shape index (κ2) is 7.29. The minimum atomic E-state index is -0.0655. The Morgan fingerprint density at radius 3 is 2.62 bits per heavy atom. The van der Waals surface area contributed by atoms with Crippen molar-refractivity contribution in [3.05, 3.63) is 30.4 Å². The first-order valence-corrected chi connectivity index (χ1v) is 8.25. The SMILES string of the molecule is CCN(CC)c1nncc(N2CCN(C(=O)c3ccco3)CC2)n1. The Morgan fingerprint density at radius 1 is 1.25 bits per heavy atom. The molecule has 2 aromatic rings. The minimum absolute atomic E-state index is 0.0655. The summed E-state index contributed by atoms with van der Waals surface area (Å²) in [7, 11) is 0. The number of anilines is 2. The normalized spacial score (nSPS) is 14.8. The fourth-order valence-electron chi connectivity index (χ4n) is 2.77. The number of rotatable bonds is 5. The zero-order valence-corrected chi connectivity index (χ0v) is 14.1. The third kappa shape index (κ3) is 3.32. The Balaban J connectivity index is 1.64. The number of furan rings is 1. The summed E-state index contributed by atoms with van der Waals surface area (Å²) in [5.74, 6) is 1.77. The second-order valence-electron chi connectivity index (χ2n) is 5.54. The van der Waals surface area contributed by atoms with Gasteiger partial charge in [-0.2, -0.15) is 10.1 Å². The molecule has 0 radical (unpaired) electrons. The fourth-order valence-corrected chi connectivity index (χ4v) is 2.77. The standard InChI is InChI=1S/C16H22N6O2/c1-3-20(4-2)16-18-14(12-17-19-16)21-7-9-22(10-8-21)15(23)13-6-5-11-24-13/h5-6,11-12H,3-4,7-10H2,1-2H3. The topological polar surface area (TPSA) is 78.6 Å². The Bertz CT molecular complexity index is 663. The molecule has 128 valence electrons. The molecule has 0 saturated carbocycles. The first-order valence-electron chi connectivity index (χ1n) is 8.25. The van der Waals surface area contributed by atoms with Gasteiger partial charge in [0, 0.05) is 39.3 Å². The number of aromatic nitrogens is 3. The van der Waals surface area contributed by atoms with Crippen molar-refractivity contribution in [2.24, 2.45) is 0 Å². The van der Waals surface area contributed by atoms with Crippen molar-refractivity contribution in [3.63, 3.8) is 0 Å². The highest BCUT2D eigenvalue weighted by molar-refractivity contribution is 5.91. The number of hydrogen-bond acceptors (Lipinski definition) is 7. The summed E-state index contributed by atoms with van der Waals surface area (Å²) in [6.07, 6.45) is 3.20. The van der Waals surface area contributed by atoms with Gasteiger partial charge < -0.3 is 19.1 Å². The van der Waals surface area contributed by atoms with Crippen LogP contribution in [0, 0.1) is 0 Å². The van der Waals surface area contributed by atoms with Gasteiger partial charge in [0.1, 0.15) is 0 Å². The summed E-state index contributed by atoms with van der Waals surface area (Å²) in [5, 5.41) is 8.19. The van der Waals surface area contributed by atoms with Crippen LogP contribution < -0.4 is 9.80 Å². The van der Waals surface area contributed by atoms with Crippen LogP contribution in [-0.4, -0.2) is 65.3 Å². The molecule has 1 fully saturated rings. The van der Waals surface area contributed by atoms with E-state index >= 15 is 0 Å². The van der Waals surface area contributed by atoms with Gasteiger partial charge in [0.05, 0.1) is 12.5 Å². The molecule has 2 aromatic heterocycles. The van der Waals surface area contributed by atoms with Crippen molar-refractivity contribution < 1.29 is 9.21 Å². The average molecular weight is 330 g/mol. The van der Waals surface area contributed by atoms with Crippen molar-refractivity contribution in [1.29, 1.82) is 0 Å². The van der Waals surface area contributed by atoms with Crippen molar-refractivity contribution >= 4 is 17.7 Å². The van der Waals surface area contributed by atoms with Crippen LogP contribution in [0.4, 0.5) is 11.8 Å². The van der Waals surface area contributed by atoms with Crippen LogP contribution in [0.15, 0.2) is 29.0 Å². The summed E-state index contributed by atoms with van der Waals surface area (Å²) in [6.45, 7) is 8.50. The van der Waals surface area contributed by atoms with Crippen LogP contribution in [0.1, 0.15) is 24.4 Å². The number of piperazine rings is 1. The maximum absolute atomic E-state index is 12.3. The van der Waals surface area contributed by atoms with E-state index in [0.29, 0.717) is 37.9 Å². The van der Waals surface area contributed by atoms with Gasteiger partial charge in [0.2, 0.25) is 5.95 Å². The molecule has 24 heavy (non-hydrogen) atoms. The first kappa shape index (κ1) is 16.2. The highest BCUT2D eigenvalue weighted by Crippen LogP contribution is 2.16. The third-order valence-corrected chi connectivity index (χ3v) is 4.20. The van der Waals surface area contributed by atoms with E-state index < -0.39 is 0 Å². The minimum Gasteiger partial charge on any atom is -0.459 e. The molecule has 3 rings (SSSR count). The lowest BCUT2D eigenvalue weighted by Gasteiger charge is -2.35. The van der Waals surface area contributed by atoms with Gasteiger partial charge in [0.15, 0.2) is 11.6 Å². The molecule has 0 atom stereocenters. The van der Waals surface area contributed by atoms with Crippen molar-refractivity contribution in [3.8, 4) is 0 Å². The van der Waals surface area contributed by atoms with E-state index in [2.05, 4.69) is 38.8 Å². The maximum Gasteiger partial charge on any atom is 0.289 e. The van der Waals surface area contributed by atoms with Crippen LogP contribution in [0.3, 0.4) is 0 Å². The van der Waals surface area contributed by atoms with E-state index in [4.69, 9.17) is 4.42 Å². The summed E-state index contributed by atoms with van der Waals surface area (Å²) in [4.78, 5) is 22.9. The molecule has 0 bridgehead atoms. The third-order valence-electron chi connectivity index (χ3n) is 4.20. The fraction of sp³-hybridized carbons (Fsp3) is 0.500. The summed E-state index contributed by atoms with van der Waals surface area (Å²) in [6, 6.07) is 3.42. The first-order chi connectivity index (χ1) is 11.7. The smallest absolute Gasteiger partial charge is 0.289 e. The van der Waals surface area contributed by atoms with Gasteiger partial charge in [-0.3, -0.25) is 4.79 Å².